The quantitative estimate of drug-likeness (QED) is 0.819. The van der Waals surface area contributed by atoms with Crippen LogP contribution in [0.1, 0.15) is 23.6 Å². The third kappa shape index (κ3) is 3.82. The van der Waals surface area contributed by atoms with Crippen LogP contribution in [0.15, 0.2) is 60.7 Å². The highest BCUT2D eigenvalue weighted by molar-refractivity contribution is 5.95. The van der Waals surface area contributed by atoms with E-state index in [-0.39, 0.29) is 24.3 Å². The van der Waals surface area contributed by atoms with Crippen molar-refractivity contribution in [1.29, 1.82) is 0 Å². The molecule has 120 valence electrons. The topological polar surface area (TPSA) is 49.4 Å². The molecule has 2 aromatic carbocycles. The zero-order valence-corrected chi connectivity index (χ0v) is 13.2. The van der Waals surface area contributed by atoms with Crippen molar-refractivity contribution in [3.05, 3.63) is 71.8 Å². The van der Waals surface area contributed by atoms with Crippen LogP contribution in [0.2, 0.25) is 0 Å². The van der Waals surface area contributed by atoms with Gasteiger partial charge in [0.15, 0.2) is 0 Å². The molecule has 2 aromatic rings. The summed E-state index contributed by atoms with van der Waals surface area (Å²) in [5.74, 6) is 5.30. The number of rotatable bonds is 1. The average molecular weight is 318 g/mol. The van der Waals surface area contributed by atoms with Gasteiger partial charge < -0.3 is 10.2 Å². The molecule has 24 heavy (non-hydrogen) atoms. The molecule has 0 spiro atoms. The Hall–Kier alpha value is -3.06. The Morgan fingerprint density at radius 2 is 1.71 bits per heavy atom. The van der Waals surface area contributed by atoms with Gasteiger partial charge in [0.2, 0.25) is 5.91 Å². The molecule has 1 N–H and O–H groups in total. The van der Waals surface area contributed by atoms with Crippen molar-refractivity contribution in [2.24, 2.45) is 0 Å². The lowest BCUT2D eigenvalue weighted by Crippen LogP contribution is -2.35. The highest BCUT2D eigenvalue weighted by atomic mass is 16.2. The lowest BCUT2D eigenvalue weighted by molar-refractivity contribution is -0.127. The summed E-state index contributed by atoms with van der Waals surface area (Å²) in [6, 6.07) is 18.7. The van der Waals surface area contributed by atoms with Crippen LogP contribution in [0, 0.1) is 11.8 Å². The first-order valence-corrected chi connectivity index (χ1v) is 7.93. The minimum absolute atomic E-state index is 0.0461. The lowest BCUT2D eigenvalue weighted by Gasteiger charge is -2.27. The normalized spacial score (nSPS) is 17.2. The zero-order chi connectivity index (χ0) is 16.8. The maximum absolute atomic E-state index is 12.6. The summed E-state index contributed by atoms with van der Waals surface area (Å²) in [7, 11) is 0. The number of hydrogen-bond acceptors (Lipinski definition) is 2. The summed E-state index contributed by atoms with van der Waals surface area (Å²) in [6.45, 7) is 0.897. The minimum atomic E-state index is -0.286. The van der Waals surface area contributed by atoms with Gasteiger partial charge in [0, 0.05) is 24.6 Å². The van der Waals surface area contributed by atoms with Gasteiger partial charge in [-0.15, -0.1) is 0 Å². The molecule has 1 aliphatic heterocycles. The van der Waals surface area contributed by atoms with Crippen molar-refractivity contribution >= 4 is 11.8 Å². The largest absolute Gasteiger partial charge is 0.354 e. The molecule has 0 saturated carbocycles. The number of benzene rings is 2. The van der Waals surface area contributed by atoms with E-state index in [0.717, 1.165) is 11.1 Å². The molecular weight excluding hydrogens is 300 g/mol. The maximum atomic E-state index is 12.6. The van der Waals surface area contributed by atoms with Crippen LogP contribution in [0.4, 0.5) is 0 Å². The average Bonchev–Trinajstić information content (AvgIpc) is 2.83. The van der Waals surface area contributed by atoms with Gasteiger partial charge in [-0.2, -0.15) is 0 Å². The standard InChI is InChI=1S/C20H18N2O2/c23-19-15-18(17-9-5-2-6-10-17)22(14-13-21-19)20(24)12-11-16-7-3-1-4-8-16/h1-10,18H,13-15H2,(H,21,23). The Morgan fingerprint density at radius 3 is 2.42 bits per heavy atom. The number of amides is 2. The predicted octanol–water partition coefficient (Wildman–Crippen LogP) is 2.13. The fourth-order valence-corrected chi connectivity index (χ4v) is 2.76. The van der Waals surface area contributed by atoms with E-state index in [1.54, 1.807) is 4.90 Å². The van der Waals surface area contributed by atoms with Crippen LogP contribution in [0.5, 0.6) is 0 Å². The molecule has 4 nitrogen and oxygen atoms in total. The summed E-state index contributed by atoms with van der Waals surface area (Å²) >= 11 is 0. The summed E-state index contributed by atoms with van der Waals surface area (Å²) in [6.07, 6.45) is 0.253. The molecular formula is C20H18N2O2. The molecule has 4 heteroatoms. The molecule has 1 heterocycles. The third-order valence-corrected chi connectivity index (χ3v) is 3.96. The van der Waals surface area contributed by atoms with Crippen LogP contribution in [-0.2, 0) is 9.59 Å². The van der Waals surface area contributed by atoms with E-state index in [1.807, 2.05) is 60.7 Å². The van der Waals surface area contributed by atoms with Crippen LogP contribution in [0.25, 0.3) is 0 Å². The van der Waals surface area contributed by atoms with Gasteiger partial charge in [-0.1, -0.05) is 54.5 Å². The Balaban J connectivity index is 1.86. The molecule has 2 amide bonds. The van der Waals surface area contributed by atoms with Gasteiger partial charge >= 0.3 is 0 Å². The van der Waals surface area contributed by atoms with E-state index in [2.05, 4.69) is 17.2 Å². The minimum Gasteiger partial charge on any atom is -0.354 e. The van der Waals surface area contributed by atoms with Crippen molar-refractivity contribution in [2.75, 3.05) is 13.1 Å². The molecule has 1 fully saturated rings. The monoisotopic (exact) mass is 318 g/mol. The van der Waals surface area contributed by atoms with Crippen molar-refractivity contribution in [3.63, 3.8) is 0 Å². The van der Waals surface area contributed by atoms with Gasteiger partial charge in [-0.3, -0.25) is 9.59 Å². The number of nitrogens with zero attached hydrogens (tertiary/aromatic N) is 1. The van der Waals surface area contributed by atoms with Gasteiger partial charge in [-0.05, 0) is 17.7 Å². The van der Waals surface area contributed by atoms with E-state index < -0.39 is 0 Å². The predicted molar refractivity (Wildman–Crippen MR) is 91.8 cm³/mol. The molecule has 1 atom stereocenters. The van der Waals surface area contributed by atoms with Gasteiger partial charge in [0.05, 0.1) is 12.5 Å². The van der Waals surface area contributed by atoms with Gasteiger partial charge in [0.1, 0.15) is 0 Å². The van der Waals surface area contributed by atoms with Crippen LogP contribution >= 0.6 is 0 Å². The van der Waals surface area contributed by atoms with Crippen LogP contribution < -0.4 is 5.32 Å². The molecule has 3 rings (SSSR count). The number of carbonyl (C=O) groups is 2. The van der Waals surface area contributed by atoms with Gasteiger partial charge in [0.25, 0.3) is 5.91 Å². The first-order valence-electron chi connectivity index (χ1n) is 7.93. The highest BCUT2D eigenvalue weighted by Gasteiger charge is 2.28. The highest BCUT2D eigenvalue weighted by Crippen LogP contribution is 2.25. The van der Waals surface area contributed by atoms with Crippen LogP contribution in [0.3, 0.4) is 0 Å². The van der Waals surface area contributed by atoms with E-state index in [0.29, 0.717) is 13.1 Å². The third-order valence-electron chi connectivity index (χ3n) is 3.96. The van der Waals surface area contributed by atoms with Crippen molar-refractivity contribution in [2.45, 2.75) is 12.5 Å². The van der Waals surface area contributed by atoms with E-state index in [9.17, 15) is 9.59 Å². The summed E-state index contributed by atoms with van der Waals surface area (Å²) < 4.78 is 0. The molecule has 0 aromatic heterocycles. The number of nitrogens with one attached hydrogen (secondary N) is 1. The van der Waals surface area contributed by atoms with Crippen molar-refractivity contribution < 1.29 is 9.59 Å². The van der Waals surface area contributed by atoms with Crippen LogP contribution in [-0.4, -0.2) is 29.8 Å². The zero-order valence-electron chi connectivity index (χ0n) is 13.2. The molecule has 0 aliphatic carbocycles. The maximum Gasteiger partial charge on any atom is 0.299 e. The van der Waals surface area contributed by atoms with E-state index in [1.165, 1.54) is 0 Å². The van der Waals surface area contributed by atoms with E-state index >= 15 is 0 Å². The fourth-order valence-electron chi connectivity index (χ4n) is 2.76. The van der Waals surface area contributed by atoms with Crippen molar-refractivity contribution in [3.8, 4) is 11.8 Å². The fraction of sp³-hybridized carbons (Fsp3) is 0.200. The molecule has 1 unspecified atom stereocenters. The summed E-state index contributed by atoms with van der Waals surface area (Å²) in [5.41, 5.74) is 1.75. The Bertz CT molecular complexity index is 776. The van der Waals surface area contributed by atoms with Crippen molar-refractivity contribution in [1.82, 2.24) is 10.2 Å². The Labute approximate surface area is 141 Å². The Morgan fingerprint density at radius 1 is 1.04 bits per heavy atom. The Kier molecular flexibility index (Phi) is 4.93. The second-order valence-electron chi connectivity index (χ2n) is 5.60. The summed E-state index contributed by atoms with van der Waals surface area (Å²) in [5, 5.41) is 2.82. The number of carbonyl (C=O) groups excluding carboxylic acids is 2. The molecule has 1 aliphatic rings. The van der Waals surface area contributed by atoms with Gasteiger partial charge in [-0.25, -0.2) is 0 Å². The summed E-state index contributed by atoms with van der Waals surface area (Å²) in [4.78, 5) is 26.2. The number of hydrogen-bond donors (Lipinski definition) is 1. The first kappa shape index (κ1) is 15.8. The molecule has 1 saturated heterocycles. The van der Waals surface area contributed by atoms with E-state index in [4.69, 9.17) is 0 Å². The lowest BCUT2D eigenvalue weighted by atomic mass is 10.0. The molecule has 0 bridgehead atoms. The SMILES string of the molecule is O=C1CC(c2ccccc2)N(C(=O)C#Cc2ccccc2)CCN1. The molecule has 0 radical (unpaired) electrons. The second kappa shape index (κ2) is 7.47. The smallest absolute Gasteiger partial charge is 0.299 e. The first-order chi connectivity index (χ1) is 11.7. The second-order valence-corrected chi connectivity index (χ2v) is 5.60.